The van der Waals surface area contributed by atoms with Crippen LogP contribution in [0.25, 0.3) is 11.3 Å². The number of H-pyrrole nitrogens is 1. The second-order valence-corrected chi connectivity index (χ2v) is 5.58. The highest BCUT2D eigenvalue weighted by molar-refractivity contribution is 5.87. The molecule has 0 atom stereocenters. The molecule has 21 heavy (non-hydrogen) atoms. The van der Waals surface area contributed by atoms with E-state index >= 15 is 0 Å². The average molecular weight is 286 g/mol. The van der Waals surface area contributed by atoms with Crippen LogP contribution in [-0.4, -0.2) is 27.9 Å². The minimum atomic E-state index is -1.02. The third kappa shape index (κ3) is 2.91. The molecule has 5 heteroatoms. The summed E-state index contributed by atoms with van der Waals surface area (Å²) in [6.45, 7) is 2.70. The minimum absolute atomic E-state index is 0.0800. The summed E-state index contributed by atoms with van der Waals surface area (Å²) in [6, 6.07) is 7.42. The highest BCUT2D eigenvalue weighted by atomic mass is 16.5. The molecular weight excluding hydrogens is 268 g/mol. The Morgan fingerprint density at radius 2 is 2.24 bits per heavy atom. The predicted molar refractivity (Wildman–Crippen MR) is 78.6 cm³/mol. The largest absolute Gasteiger partial charge is 0.493 e. The van der Waals surface area contributed by atoms with Crippen LogP contribution >= 0.6 is 0 Å². The Balaban J connectivity index is 1.87. The van der Waals surface area contributed by atoms with Crippen molar-refractivity contribution in [3.63, 3.8) is 0 Å². The molecule has 1 fully saturated rings. The van der Waals surface area contributed by atoms with Gasteiger partial charge < -0.3 is 9.84 Å². The molecule has 2 N–H and O–H groups in total. The SMILES string of the molecule is Cc1ccc(OCC2CCC2)c(-c2cc(C(=O)O)[nH]n2)c1. The predicted octanol–water partition coefficient (Wildman–Crippen LogP) is 3.26. The van der Waals surface area contributed by atoms with Crippen molar-refractivity contribution < 1.29 is 14.6 Å². The van der Waals surface area contributed by atoms with Gasteiger partial charge >= 0.3 is 5.97 Å². The number of carbonyl (C=O) groups is 1. The molecule has 1 aromatic carbocycles. The van der Waals surface area contributed by atoms with E-state index in [0.717, 1.165) is 16.9 Å². The van der Waals surface area contributed by atoms with E-state index in [0.29, 0.717) is 18.2 Å². The van der Waals surface area contributed by atoms with Crippen molar-refractivity contribution in [3.8, 4) is 17.0 Å². The molecule has 0 bridgehead atoms. The number of aromatic amines is 1. The molecule has 0 amide bonds. The molecule has 110 valence electrons. The average Bonchev–Trinajstić information content (AvgIpc) is 2.88. The standard InChI is InChI=1S/C16H18N2O3/c1-10-5-6-15(21-9-11-3-2-4-11)12(7-10)13-8-14(16(19)20)18-17-13/h5-8,11H,2-4,9H2,1H3,(H,17,18)(H,19,20). The van der Waals surface area contributed by atoms with Crippen molar-refractivity contribution >= 4 is 5.97 Å². The number of nitrogens with one attached hydrogen (secondary N) is 1. The first kappa shape index (κ1) is 13.7. The normalized spacial score (nSPS) is 14.7. The summed E-state index contributed by atoms with van der Waals surface area (Å²) in [4.78, 5) is 11.0. The van der Waals surface area contributed by atoms with Crippen LogP contribution < -0.4 is 4.74 Å². The van der Waals surface area contributed by atoms with Gasteiger partial charge in [0.2, 0.25) is 0 Å². The Bertz CT molecular complexity index is 659. The number of carboxylic acids is 1. The van der Waals surface area contributed by atoms with Crippen LogP contribution in [0.2, 0.25) is 0 Å². The van der Waals surface area contributed by atoms with Gasteiger partial charge in [0.25, 0.3) is 0 Å². The van der Waals surface area contributed by atoms with E-state index in [1.165, 1.54) is 25.3 Å². The van der Waals surface area contributed by atoms with Crippen LogP contribution in [0.15, 0.2) is 24.3 Å². The lowest BCUT2D eigenvalue weighted by atomic mass is 9.86. The van der Waals surface area contributed by atoms with Gasteiger partial charge in [-0.3, -0.25) is 5.10 Å². The fourth-order valence-corrected chi connectivity index (χ4v) is 2.41. The monoisotopic (exact) mass is 286 g/mol. The zero-order valence-electron chi connectivity index (χ0n) is 11.9. The first-order valence-corrected chi connectivity index (χ1v) is 7.16. The molecule has 1 aromatic heterocycles. The van der Waals surface area contributed by atoms with Crippen molar-refractivity contribution in [1.29, 1.82) is 0 Å². The van der Waals surface area contributed by atoms with Gasteiger partial charge in [0, 0.05) is 5.56 Å². The molecule has 0 radical (unpaired) electrons. The van der Waals surface area contributed by atoms with E-state index in [1.807, 2.05) is 25.1 Å². The fraction of sp³-hybridized carbons (Fsp3) is 0.375. The van der Waals surface area contributed by atoms with Crippen molar-refractivity contribution in [1.82, 2.24) is 10.2 Å². The van der Waals surface area contributed by atoms with E-state index in [4.69, 9.17) is 9.84 Å². The Morgan fingerprint density at radius 1 is 1.43 bits per heavy atom. The van der Waals surface area contributed by atoms with E-state index in [1.54, 1.807) is 0 Å². The van der Waals surface area contributed by atoms with Crippen molar-refractivity contribution in [3.05, 3.63) is 35.5 Å². The third-order valence-corrected chi connectivity index (χ3v) is 3.92. The van der Waals surface area contributed by atoms with E-state index < -0.39 is 5.97 Å². The van der Waals surface area contributed by atoms with Crippen LogP contribution in [0.5, 0.6) is 5.75 Å². The van der Waals surface area contributed by atoms with Gasteiger partial charge in [0.05, 0.1) is 12.3 Å². The smallest absolute Gasteiger partial charge is 0.353 e. The molecule has 2 aromatic rings. The lowest BCUT2D eigenvalue weighted by Crippen LogP contribution is -2.19. The molecule has 0 aliphatic heterocycles. The zero-order chi connectivity index (χ0) is 14.8. The van der Waals surface area contributed by atoms with Gasteiger partial charge in [0.15, 0.2) is 0 Å². The van der Waals surface area contributed by atoms with Crippen LogP contribution in [0, 0.1) is 12.8 Å². The Labute approximate surface area is 123 Å². The molecule has 0 unspecified atom stereocenters. The van der Waals surface area contributed by atoms with E-state index in [9.17, 15) is 4.79 Å². The molecule has 1 saturated carbocycles. The number of nitrogens with zero attached hydrogens (tertiary/aromatic N) is 1. The zero-order valence-corrected chi connectivity index (χ0v) is 11.9. The Hall–Kier alpha value is -2.30. The molecule has 5 nitrogen and oxygen atoms in total. The molecule has 1 aliphatic carbocycles. The third-order valence-electron chi connectivity index (χ3n) is 3.92. The number of hydrogen-bond acceptors (Lipinski definition) is 3. The molecule has 1 aliphatic rings. The molecule has 0 saturated heterocycles. The first-order chi connectivity index (χ1) is 10.1. The number of aromatic carboxylic acids is 1. The van der Waals surface area contributed by atoms with Crippen LogP contribution in [0.1, 0.15) is 35.3 Å². The van der Waals surface area contributed by atoms with Gasteiger partial charge in [-0.05, 0) is 43.9 Å². The molecule has 3 rings (SSSR count). The number of rotatable bonds is 5. The number of aromatic nitrogens is 2. The van der Waals surface area contributed by atoms with Gasteiger partial charge in [-0.2, -0.15) is 5.10 Å². The first-order valence-electron chi connectivity index (χ1n) is 7.16. The van der Waals surface area contributed by atoms with E-state index in [2.05, 4.69) is 10.2 Å². The fourth-order valence-electron chi connectivity index (χ4n) is 2.41. The van der Waals surface area contributed by atoms with Crippen molar-refractivity contribution in [2.45, 2.75) is 26.2 Å². The number of ether oxygens (including phenoxy) is 1. The number of aryl methyl sites for hydroxylation is 1. The summed E-state index contributed by atoms with van der Waals surface area (Å²) in [5.41, 5.74) is 2.59. The number of hydrogen-bond donors (Lipinski definition) is 2. The van der Waals surface area contributed by atoms with Crippen molar-refractivity contribution in [2.24, 2.45) is 5.92 Å². The van der Waals surface area contributed by atoms with E-state index in [-0.39, 0.29) is 5.69 Å². The second kappa shape index (κ2) is 5.60. The maximum Gasteiger partial charge on any atom is 0.353 e. The topological polar surface area (TPSA) is 75.2 Å². The highest BCUT2D eigenvalue weighted by Gasteiger charge is 2.19. The number of carboxylic acid groups (broad SMARTS) is 1. The van der Waals surface area contributed by atoms with Crippen molar-refractivity contribution in [2.75, 3.05) is 6.61 Å². The lowest BCUT2D eigenvalue weighted by Gasteiger charge is -2.25. The van der Waals surface area contributed by atoms with Crippen LogP contribution in [0.3, 0.4) is 0 Å². The maximum atomic E-state index is 11.0. The summed E-state index contributed by atoms with van der Waals surface area (Å²) < 4.78 is 5.92. The minimum Gasteiger partial charge on any atom is -0.493 e. The molecule has 1 heterocycles. The number of benzene rings is 1. The van der Waals surface area contributed by atoms with Gasteiger partial charge in [0.1, 0.15) is 11.4 Å². The molecule has 0 spiro atoms. The second-order valence-electron chi connectivity index (χ2n) is 5.58. The summed E-state index contributed by atoms with van der Waals surface area (Å²) in [5.74, 6) is 0.391. The summed E-state index contributed by atoms with van der Waals surface area (Å²) in [5, 5.41) is 15.6. The van der Waals surface area contributed by atoms with Gasteiger partial charge in [-0.15, -0.1) is 0 Å². The van der Waals surface area contributed by atoms with Crippen LogP contribution in [0.4, 0.5) is 0 Å². The Kier molecular flexibility index (Phi) is 3.64. The quantitative estimate of drug-likeness (QED) is 0.884. The Morgan fingerprint density at radius 3 is 2.86 bits per heavy atom. The lowest BCUT2D eigenvalue weighted by molar-refractivity contribution is 0.0690. The summed E-state index contributed by atoms with van der Waals surface area (Å²) >= 11 is 0. The summed E-state index contributed by atoms with van der Waals surface area (Å²) in [7, 11) is 0. The summed E-state index contributed by atoms with van der Waals surface area (Å²) in [6.07, 6.45) is 3.75. The highest BCUT2D eigenvalue weighted by Crippen LogP contribution is 2.32. The van der Waals surface area contributed by atoms with Gasteiger partial charge in [-0.25, -0.2) is 4.79 Å². The van der Waals surface area contributed by atoms with Crippen LogP contribution in [-0.2, 0) is 0 Å². The van der Waals surface area contributed by atoms with Gasteiger partial charge in [-0.1, -0.05) is 18.1 Å². The molecular formula is C16H18N2O3. The maximum absolute atomic E-state index is 11.0.